The summed E-state index contributed by atoms with van der Waals surface area (Å²) < 4.78 is 3.65. The van der Waals surface area contributed by atoms with Crippen LogP contribution in [0.4, 0.5) is 0 Å². The van der Waals surface area contributed by atoms with Crippen LogP contribution in [0, 0.1) is 20.8 Å². The Hall–Kier alpha value is -2.77. The van der Waals surface area contributed by atoms with Crippen molar-refractivity contribution >= 4 is 11.7 Å². The summed E-state index contributed by atoms with van der Waals surface area (Å²) in [6, 6.07) is 4.11. The van der Waals surface area contributed by atoms with E-state index in [4.69, 9.17) is 0 Å². The molecule has 1 atom stereocenters. The topological polar surface area (TPSA) is 81.2 Å². The Balaban J connectivity index is 1.58. The molecule has 1 amide bonds. The molecule has 0 N–H and O–H groups in total. The Labute approximate surface area is 145 Å². The Bertz CT molecular complexity index is 942. The van der Waals surface area contributed by atoms with Gasteiger partial charge in [0, 0.05) is 30.7 Å². The van der Waals surface area contributed by atoms with Gasteiger partial charge in [-0.05, 0) is 45.7 Å². The number of aromatic nitrogens is 6. The van der Waals surface area contributed by atoms with E-state index in [9.17, 15) is 4.79 Å². The third kappa shape index (κ3) is 2.77. The maximum Gasteiger partial charge on any atom is 0.293 e. The summed E-state index contributed by atoms with van der Waals surface area (Å²) in [5.74, 6) is 0.516. The summed E-state index contributed by atoms with van der Waals surface area (Å²) in [5, 5.41) is 8.92. The molecule has 3 aromatic rings. The largest absolute Gasteiger partial charge is 0.334 e. The molecule has 0 unspecified atom stereocenters. The number of hydrogen-bond acceptors (Lipinski definition) is 5. The Kier molecular flexibility index (Phi) is 3.74. The number of likely N-dealkylation sites (tertiary alicyclic amines) is 1. The second kappa shape index (κ2) is 5.94. The molecule has 1 fully saturated rings. The van der Waals surface area contributed by atoms with Gasteiger partial charge in [0.15, 0.2) is 0 Å². The van der Waals surface area contributed by atoms with Crippen LogP contribution >= 0.6 is 0 Å². The molecule has 130 valence electrons. The van der Waals surface area contributed by atoms with Crippen LogP contribution in [0.2, 0.25) is 0 Å². The van der Waals surface area contributed by atoms with E-state index in [2.05, 4.69) is 33.2 Å². The molecule has 4 heterocycles. The zero-order valence-electron chi connectivity index (χ0n) is 14.7. The normalized spacial score (nSPS) is 18.0. The van der Waals surface area contributed by atoms with Crippen molar-refractivity contribution < 1.29 is 4.79 Å². The van der Waals surface area contributed by atoms with Gasteiger partial charge in [-0.1, -0.05) is 0 Å². The first-order chi connectivity index (χ1) is 12.0. The summed E-state index contributed by atoms with van der Waals surface area (Å²) in [5.41, 5.74) is 3.03. The number of amides is 1. The van der Waals surface area contributed by atoms with Gasteiger partial charge < -0.3 is 4.90 Å². The average Bonchev–Trinajstić information content (AvgIpc) is 3.18. The van der Waals surface area contributed by atoms with Crippen molar-refractivity contribution in [3.05, 3.63) is 41.2 Å². The Morgan fingerprint density at radius 2 is 2.04 bits per heavy atom. The first kappa shape index (κ1) is 15.7. The maximum atomic E-state index is 12.9. The highest BCUT2D eigenvalue weighted by Gasteiger charge is 2.29. The molecule has 3 aromatic heterocycles. The molecule has 0 aromatic carbocycles. The standard InChI is InChI=1S/C17H21N7O/c1-11-9-13(3)23(20-11)14-5-4-8-22(10-14)16(25)15-19-17-18-7-6-12(2)24(17)21-15/h6-7,9,14H,4-5,8,10H2,1-3H3/t14-/m0/s1. The summed E-state index contributed by atoms with van der Waals surface area (Å²) >= 11 is 0. The van der Waals surface area contributed by atoms with Gasteiger partial charge in [-0.15, -0.1) is 5.10 Å². The molecule has 0 radical (unpaired) electrons. The van der Waals surface area contributed by atoms with E-state index in [0.29, 0.717) is 12.3 Å². The van der Waals surface area contributed by atoms with Crippen LogP contribution in [0.25, 0.3) is 5.78 Å². The Morgan fingerprint density at radius 3 is 2.76 bits per heavy atom. The third-order valence-electron chi connectivity index (χ3n) is 4.70. The highest BCUT2D eigenvalue weighted by Crippen LogP contribution is 2.23. The number of piperidine rings is 1. The van der Waals surface area contributed by atoms with Crippen molar-refractivity contribution in [2.45, 2.75) is 39.7 Å². The van der Waals surface area contributed by atoms with Crippen molar-refractivity contribution in [2.75, 3.05) is 13.1 Å². The lowest BCUT2D eigenvalue weighted by Crippen LogP contribution is -2.41. The second-order valence-corrected chi connectivity index (χ2v) is 6.65. The molecule has 4 rings (SSSR count). The van der Waals surface area contributed by atoms with Crippen LogP contribution in [0.15, 0.2) is 18.3 Å². The van der Waals surface area contributed by atoms with Gasteiger partial charge in [0.25, 0.3) is 11.7 Å². The van der Waals surface area contributed by atoms with E-state index < -0.39 is 0 Å². The fourth-order valence-electron chi connectivity index (χ4n) is 3.49. The van der Waals surface area contributed by atoms with Gasteiger partial charge in [-0.25, -0.2) is 9.50 Å². The first-order valence-corrected chi connectivity index (χ1v) is 8.53. The fraction of sp³-hybridized carbons (Fsp3) is 0.471. The van der Waals surface area contributed by atoms with Crippen LogP contribution in [-0.4, -0.2) is 53.3 Å². The van der Waals surface area contributed by atoms with Crippen LogP contribution < -0.4 is 0 Å². The summed E-state index contributed by atoms with van der Waals surface area (Å²) in [7, 11) is 0. The minimum absolute atomic E-state index is 0.142. The SMILES string of the molecule is Cc1cc(C)n([C@H]2CCCN(C(=O)c3nc4nccc(C)n4n3)C2)n1. The number of carbonyl (C=O) groups is 1. The zero-order chi connectivity index (χ0) is 17.6. The van der Waals surface area contributed by atoms with Crippen molar-refractivity contribution in [3.8, 4) is 0 Å². The molecule has 1 aliphatic rings. The zero-order valence-corrected chi connectivity index (χ0v) is 14.7. The Morgan fingerprint density at radius 1 is 1.20 bits per heavy atom. The van der Waals surface area contributed by atoms with Crippen molar-refractivity contribution in [3.63, 3.8) is 0 Å². The molecule has 0 spiro atoms. The number of nitrogens with zero attached hydrogens (tertiary/aromatic N) is 7. The maximum absolute atomic E-state index is 12.9. The first-order valence-electron chi connectivity index (χ1n) is 8.53. The van der Waals surface area contributed by atoms with Gasteiger partial charge in [0.05, 0.1) is 11.7 Å². The van der Waals surface area contributed by atoms with Crippen molar-refractivity contribution in [1.82, 2.24) is 34.3 Å². The third-order valence-corrected chi connectivity index (χ3v) is 4.70. The van der Waals surface area contributed by atoms with E-state index in [1.807, 2.05) is 29.5 Å². The van der Waals surface area contributed by atoms with E-state index in [1.54, 1.807) is 10.7 Å². The summed E-state index contributed by atoms with van der Waals surface area (Å²) in [6.45, 7) is 7.31. The van der Waals surface area contributed by atoms with Crippen molar-refractivity contribution in [2.24, 2.45) is 0 Å². The lowest BCUT2D eigenvalue weighted by atomic mass is 10.1. The quantitative estimate of drug-likeness (QED) is 0.710. The predicted octanol–water partition coefficient (Wildman–Crippen LogP) is 1.72. The number of hydrogen-bond donors (Lipinski definition) is 0. The van der Waals surface area contributed by atoms with E-state index in [0.717, 1.165) is 36.5 Å². The van der Waals surface area contributed by atoms with Crippen molar-refractivity contribution in [1.29, 1.82) is 0 Å². The molecular formula is C17H21N7O. The number of rotatable bonds is 2. The highest BCUT2D eigenvalue weighted by atomic mass is 16.2. The van der Waals surface area contributed by atoms with Crippen LogP contribution in [0.1, 0.15) is 46.6 Å². The van der Waals surface area contributed by atoms with Crippen LogP contribution in [-0.2, 0) is 0 Å². The minimum Gasteiger partial charge on any atom is -0.334 e. The number of fused-ring (bicyclic) bond motifs is 1. The summed E-state index contributed by atoms with van der Waals surface area (Å²) in [6.07, 6.45) is 3.64. The predicted molar refractivity (Wildman–Crippen MR) is 91.4 cm³/mol. The smallest absolute Gasteiger partial charge is 0.293 e. The minimum atomic E-state index is -0.142. The van der Waals surface area contributed by atoms with Crippen LogP contribution in [0.5, 0.6) is 0 Å². The molecule has 0 bridgehead atoms. The van der Waals surface area contributed by atoms with Gasteiger partial charge >= 0.3 is 0 Å². The highest BCUT2D eigenvalue weighted by molar-refractivity contribution is 5.91. The molecule has 8 heteroatoms. The van der Waals surface area contributed by atoms with E-state index >= 15 is 0 Å². The number of carbonyl (C=O) groups excluding carboxylic acids is 1. The lowest BCUT2D eigenvalue weighted by Gasteiger charge is -2.32. The molecule has 8 nitrogen and oxygen atoms in total. The fourth-order valence-corrected chi connectivity index (χ4v) is 3.49. The van der Waals surface area contributed by atoms with Crippen LogP contribution in [0.3, 0.4) is 0 Å². The average molecular weight is 339 g/mol. The lowest BCUT2D eigenvalue weighted by molar-refractivity contribution is 0.0659. The second-order valence-electron chi connectivity index (χ2n) is 6.65. The van der Waals surface area contributed by atoms with E-state index in [-0.39, 0.29) is 17.8 Å². The van der Waals surface area contributed by atoms with E-state index in [1.165, 1.54) is 0 Å². The molecule has 0 saturated carbocycles. The van der Waals surface area contributed by atoms with Gasteiger partial charge in [-0.3, -0.25) is 9.48 Å². The molecule has 0 aliphatic carbocycles. The van der Waals surface area contributed by atoms with Gasteiger partial charge in [0.1, 0.15) is 0 Å². The molecule has 25 heavy (non-hydrogen) atoms. The molecular weight excluding hydrogens is 318 g/mol. The monoisotopic (exact) mass is 339 g/mol. The van der Waals surface area contributed by atoms with Gasteiger partial charge in [-0.2, -0.15) is 10.1 Å². The van der Waals surface area contributed by atoms with Gasteiger partial charge in [0.2, 0.25) is 5.82 Å². The summed E-state index contributed by atoms with van der Waals surface area (Å²) in [4.78, 5) is 23.2. The molecule has 1 aliphatic heterocycles. The molecule has 1 saturated heterocycles. The number of aryl methyl sites for hydroxylation is 3.